The topological polar surface area (TPSA) is 43.4 Å². The minimum atomic E-state index is -0.957. The van der Waals surface area contributed by atoms with Crippen LogP contribution in [0.2, 0.25) is 5.02 Å². The highest BCUT2D eigenvalue weighted by molar-refractivity contribution is 6.33. The summed E-state index contributed by atoms with van der Waals surface area (Å²) in [6.07, 6.45) is -0.957. The van der Waals surface area contributed by atoms with E-state index in [0.29, 0.717) is 5.56 Å². The van der Waals surface area contributed by atoms with Crippen LogP contribution in [0, 0.1) is 5.82 Å². The summed E-state index contributed by atoms with van der Waals surface area (Å²) < 4.78 is 18.0. The molecule has 0 N–H and O–H groups in total. The third-order valence-electron chi connectivity index (χ3n) is 2.86. The molecule has 0 heterocycles. The van der Waals surface area contributed by atoms with Crippen molar-refractivity contribution >= 4 is 23.4 Å². The fourth-order valence-electron chi connectivity index (χ4n) is 1.77. The lowest BCUT2D eigenvalue weighted by Crippen LogP contribution is -2.24. The second kappa shape index (κ2) is 6.50. The van der Waals surface area contributed by atoms with Crippen LogP contribution in [0.3, 0.4) is 0 Å². The third kappa shape index (κ3) is 3.67. The van der Waals surface area contributed by atoms with Gasteiger partial charge in [0.1, 0.15) is 5.82 Å². The van der Waals surface area contributed by atoms with Gasteiger partial charge in [-0.2, -0.15) is 0 Å². The molecule has 0 amide bonds. The van der Waals surface area contributed by atoms with Gasteiger partial charge in [-0.15, -0.1) is 0 Å². The highest BCUT2D eigenvalue weighted by Crippen LogP contribution is 2.19. The molecule has 2 aromatic rings. The van der Waals surface area contributed by atoms with E-state index < -0.39 is 17.9 Å². The van der Waals surface area contributed by atoms with Crippen molar-refractivity contribution in [3.05, 3.63) is 70.5 Å². The Kier molecular flexibility index (Phi) is 4.70. The van der Waals surface area contributed by atoms with Gasteiger partial charge in [-0.05, 0) is 25.1 Å². The number of ether oxygens (including phenoxy) is 1. The number of rotatable bonds is 4. The van der Waals surface area contributed by atoms with Gasteiger partial charge >= 0.3 is 5.97 Å². The summed E-state index contributed by atoms with van der Waals surface area (Å²) >= 11 is 5.78. The molecule has 0 bridgehead atoms. The average molecular weight is 307 g/mol. The lowest BCUT2D eigenvalue weighted by molar-refractivity contribution is 0.0319. The third-order valence-corrected chi connectivity index (χ3v) is 3.18. The maximum Gasteiger partial charge on any atom is 0.340 e. The quantitative estimate of drug-likeness (QED) is 0.635. The molecule has 5 heteroatoms. The Balaban J connectivity index is 2.10. The first-order chi connectivity index (χ1) is 9.99. The van der Waals surface area contributed by atoms with Crippen molar-refractivity contribution in [1.82, 2.24) is 0 Å². The van der Waals surface area contributed by atoms with Crippen LogP contribution >= 0.6 is 11.6 Å². The Morgan fingerprint density at radius 3 is 2.43 bits per heavy atom. The summed E-state index contributed by atoms with van der Waals surface area (Å²) in [4.78, 5) is 24.0. The second-order valence-corrected chi connectivity index (χ2v) is 4.81. The summed E-state index contributed by atoms with van der Waals surface area (Å²) in [7, 11) is 0. The first-order valence-corrected chi connectivity index (χ1v) is 6.62. The van der Waals surface area contributed by atoms with Crippen LogP contribution in [0.15, 0.2) is 48.5 Å². The predicted octanol–water partition coefficient (Wildman–Crippen LogP) is 3.91. The maximum absolute atomic E-state index is 12.9. The van der Waals surface area contributed by atoms with Crippen LogP contribution < -0.4 is 0 Å². The molecule has 0 aliphatic rings. The van der Waals surface area contributed by atoms with Gasteiger partial charge < -0.3 is 4.74 Å². The standard InChI is InChI=1S/C16H12ClFO3/c1-10(15(19)11-5-3-2-4-6-11)21-16(20)13-8-7-12(18)9-14(13)17/h2-10H,1H3. The molecule has 0 radical (unpaired) electrons. The van der Waals surface area contributed by atoms with E-state index in [1.165, 1.54) is 13.0 Å². The molecule has 2 aromatic carbocycles. The van der Waals surface area contributed by atoms with Crippen LogP contribution in [0.5, 0.6) is 0 Å². The monoisotopic (exact) mass is 306 g/mol. The number of esters is 1. The molecule has 0 saturated heterocycles. The number of hydrogen-bond acceptors (Lipinski definition) is 3. The smallest absolute Gasteiger partial charge is 0.340 e. The number of benzene rings is 2. The average Bonchev–Trinajstić information content (AvgIpc) is 2.47. The summed E-state index contributed by atoms with van der Waals surface area (Å²) in [6.45, 7) is 1.48. The largest absolute Gasteiger partial charge is 0.451 e. The zero-order valence-corrected chi connectivity index (χ0v) is 11.9. The van der Waals surface area contributed by atoms with Crippen molar-refractivity contribution in [2.45, 2.75) is 13.0 Å². The van der Waals surface area contributed by atoms with Crippen molar-refractivity contribution in [3.8, 4) is 0 Å². The molecule has 0 spiro atoms. The molecule has 0 aliphatic heterocycles. The van der Waals surface area contributed by atoms with E-state index in [-0.39, 0.29) is 16.4 Å². The highest BCUT2D eigenvalue weighted by Gasteiger charge is 2.21. The number of ketones is 1. The van der Waals surface area contributed by atoms with E-state index in [1.807, 2.05) is 0 Å². The van der Waals surface area contributed by atoms with E-state index >= 15 is 0 Å². The zero-order valence-electron chi connectivity index (χ0n) is 11.2. The Hall–Kier alpha value is -2.20. The normalized spacial score (nSPS) is 11.8. The summed E-state index contributed by atoms with van der Waals surface area (Å²) in [5, 5.41) is -0.0561. The van der Waals surface area contributed by atoms with Gasteiger partial charge in [0, 0.05) is 5.56 Å². The SMILES string of the molecule is CC(OC(=O)c1ccc(F)cc1Cl)C(=O)c1ccccc1. The summed E-state index contributed by atoms with van der Waals surface area (Å²) in [5.41, 5.74) is 0.466. The molecular formula is C16H12ClFO3. The van der Waals surface area contributed by atoms with E-state index in [4.69, 9.17) is 16.3 Å². The van der Waals surface area contributed by atoms with Crippen molar-refractivity contribution in [2.24, 2.45) is 0 Å². The molecule has 0 aromatic heterocycles. The van der Waals surface area contributed by atoms with E-state index in [0.717, 1.165) is 12.1 Å². The van der Waals surface area contributed by atoms with Crippen molar-refractivity contribution in [2.75, 3.05) is 0 Å². The van der Waals surface area contributed by atoms with Gasteiger partial charge in [-0.3, -0.25) is 4.79 Å². The number of halogens is 2. The molecule has 0 aliphatic carbocycles. The first-order valence-electron chi connectivity index (χ1n) is 6.24. The Bertz CT molecular complexity index is 670. The first kappa shape index (κ1) is 15.2. The molecule has 0 fully saturated rings. The van der Waals surface area contributed by atoms with Crippen LogP contribution in [-0.2, 0) is 4.74 Å². The van der Waals surface area contributed by atoms with Gasteiger partial charge in [0.25, 0.3) is 0 Å². The Labute approximate surface area is 126 Å². The van der Waals surface area contributed by atoms with Gasteiger partial charge in [-0.25, -0.2) is 9.18 Å². The summed E-state index contributed by atoms with van der Waals surface area (Å²) in [6, 6.07) is 11.8. The highest BCUT2D eigenvalue weighted by atomic mass is 35.5. The maximum atomic E-state index is 12.9. The molecule has 0 saturated carbocycles. The molecule has 21 heavy (non-hydrogen) atoms. The number of carbonyl (C=O) groups excluding carboxylic acids is 2. The van der Waals surface area contributed by atoms with Crippen molar-refractivity contribution < 1.29 is 18.7 Å². The van der Waals surface area contributed by atoms with Crippen LogP contribution in [0.4, 0.5) is 4.39 Å². The minimum Gasteiger partial charge on any atom is -0.451 e. The number of hydrogen-bond donors (Lipinski definition) is 0. The van der Waals surface area contributed by atoms with Gasteiger partial charge in [-0.1, -0.05) is 41.9 Å². The van der Waals surface area contributed by atoms with Gasteiger partial charge in [0.2, 0.25) is 5.78 Å². The molecule has 1 unspecified atom stereocenters. The molecule has 1 atom stereocenters. The van der Waals surface area contributed by atoms with Crippen LogP contribution in [0.1, 0.15) is 27.6 Å². The van der Waals surface area contributed by atoms with E-state index in [2.05, 4.69) is 0 Å². The number of carbonyl (C=O) groups is 2. The number of Topliss-reactive ketones (excluding diaryl/α,β-unsaturated/α-hetero) is 1. The van der Waals surface area contributed by atoms with E-state index in [1.54, 1.807) is 30.3 Å². The Morgan fingerprint density at radius 1 is 1.14 bits per heavy atom. The molecule has 2 rings (SSSR count). The fourth-order valence-corrected chi connectivity index (χ4v) is 2.01. The fraction of sp³-hybridized carbons (Fsp3) is 0.125. The molecular weight excluding hydrogens is 295 g/mol. The van der Waals surface area contributed by atoms with Crippen LogP contribution in [-0.4, -0.2) is 17.9 Å². The summed E-state index contributed by atoms with van der Waals surface area (Å²) in [5.74, 6) is -1.64. The minimum absolute atomic E-state index is 0.0192. The van der Waals surface area contributed by atoms with Gasteiger partial charge in [0.05, 0.1) is 10.6 Å². The zero-order chi connectivity index (χ0) is 15.4. The second-order valence-electron chi connectivity index (χ2n) is 4.40. The molecule has 108 valence electrons. The van der Waals surface area contributed by atoms with Crippen molar-refractivity contribution in [1.29, 1.82) is 0 Å². The van der Waals surface area contributed by atoms with Crippen molar-refractivity contribution in [3.63, 3.8) is 0 Å². The molecule has 3 nitrogen and oxygen atoms in total. The predicted molar refractivity (Wildman–Crippen MR) is 77.1 cm³/mol. The lowest BCUT2D eigenvalue weighted by Gasteiger charge is -2.13. The Morgan fingerprint density at radius 2 is 1.81 bits per heavy atom. The lowest BCUT2D eigenvalue weighted by atomic mass is 10.1. The van der Waals surface area contributed by atoms with E-state index in [9.17, 15) is 14.0 Å². The van der Waals surface area contributed by atoms with Crippen LogP contribution in [0.25, 0.3) is 0 Å². The van der Waals surface area contributed by atoms with Gasteiger partial charge in [0.15, 0.2) is 6.10 Å².